The molecule has 2 saturated carbocycles. The Balaban J connectivity index is 1.61. The number of carbonyl (C=O) groups is 1. The molecule has 0 amide bonds. The van der Waals surface area contributed by atoms with E-state index >= 15 is 0 Å². The molecule has 4 heteroatoms. The second-order valence-electron chi connectivity index (χ2n) is 5.45. The summed E-state index contributed by atoms with van der Waals surface area (Å²) in [7, 11) is 0. The van der Waals surface area contributed by atoms with Crippen molar-refractivity contribution in [2.24, 2.45) is 17.8 Å². The summed E-state index contributed by atoms with van der Waals surface area (Å²) in [6, 6.07) is 3.13. The van der Waals surface area contributed by atoms with Crippen molar-refractivity contribution in [1.82, 2.24) is 4.98 Å². The summed E-state index contributed by atoms with van der Waals surface area (Å²) in [6.07, 6.45) is 7.02. The molecule has 18 heavy (non-hydrogen) atoms. The standard InChI is InChI=1S/C14H18N2O2/c17-14(18)11-5-6-15-13(7-11)16-8-12(9-1-2-9)10-3-4-10/h5-7,9-10,12H,1-4,8H2,(H,15,16)(H,17,18). The van der Waals surface area contributed by atoms with E-state index in [4.69, 9.17) is 5.11 Å². The van der Waals surface area contributed by atoms with Crippen molar-refractivity contribution < 1.29 is 9.90 Å². The number of hydrogen-bond acceptors (Lipinski definition) is 3. The van der Waals surface area contributed by atoms with Crippen LogP contribution in [0.25, 0.3) is 0 Å². The minimum absolute atomic E-state index is 0.293. The van der Waals surface area contributed by atoms with E-state index < -0.39 is 5.97 Å². The topological polar surface area (TPSA) is 62.2 Å². The fraction of sp³-hybridized carbons (Fsp3) is 0.571. The van der Waals surface area contributed by atoms with Crippen LogP contribution in [-0.2, 0) is 0 Å². The van der Waals surface area contributed by atoms with Crippen molar-refractivity contribution >= 4 is 11.8 Å². The molecule has 4 nitrogen and oxygen atoms in total. The number of carboxylic acids is 1. The maximum Gasteiger partial charge on any atom is 0.335 e. The first-order chi connectivity index (χ1) is 8.74. The molecule has 1 heterocycles. The number of anilines is 1. The van der Waals surface area contributed by atoms with Gasteiger partial charge in [0.25, 0.3) is 0 Å². The quantitative estimate of drug-likeness (QED) is 0.810. The zero-order valence-corrected chi connectivity index (χ0v) is 10.3. The second kappa shape index (κ2) is 4.59. The molecule has 0 bridgehead atoms. The van der Waals surface area contributed by atoms with Crippen molar-refractivity contribution in [1.29, 1.82) is 0 Å². The van der Waals surface area contributed by atoms with E-state index in [1.807, 2.05) is 0 Å². The van der Waals surface area contributed by atoms with Gasteiger partial charge in [-0.1, -0.05) is 0 Å². The van der Waals surface area contributed by atoms with Crippen LogP contribution in [0.5, 0.6) is 0 Å². The predicted octanol–water partition coefficient (Wildman–Crippen LogP) is 2.63. The van der Waals surface area contributed by atoms with Gasteiger partial charge >= 0.3 is 5.97 Å². The highest BCUT2D eigenvalue weighted by molar-refractivity contribution is 5.88. The summed E-state index contributed by atoms with van der Waals surface area (Å²) < 4.78 is 0. The first kappa shape index (κ1) is 11.5. The predicted molar refractivity (Wildman–Crippen MR) is 68.6 cm³/mol. The van der Waals surface area contributed by atoms with Gasteiger partial charge in [0.2, 0.25) is 0 Å². The molecule has 3 rings (SSSR count). The summed E-state index contributed by atoms with van der Waals surface area (Å²) in [5.41, 5.74) is 0.293. The molecular weight excluding hydrogens is 228 g/mol. The molecule has 2 aliphatic carbocycles. The summed E-state index contributed by atoms with van der Waals surface area (Å²) in [4.78, 5) is 15.1. The molecule has 1 aromatic rings. The van der Waals surface area contributed by atoms with Crippen LogP contribution in [0, 0.1) is 17.8 Å². The van der Waals surface area contributed by atoms with Crippen molar-refractivity contribution in [3.63, 3.8) is 0 Å². The molecule has 2 N–H and O–H groups in total. The van der Waals surface area contributed by atoms with Gasteiger partial charge in [-0.05, 0) is 55.6 Å². The Morgan fingerprint density at radius 2 is 2.06 bits per heavy atom. The Bertz CT molecular complexity index is 441. The Morgan fingerprint density at radius 1 is 1.39 bits per heavy atom. The van der Waals surface area contributed by atoms with Gasteiger partial charge in [0.15, 0.2) is 0 Å². The Labute approximate surface area is 106 Å². The molecule has 2 fully saturated rings. The van der Waals surface area contributed by atoms with E-state index in [2.05, 4.69) is 10.3 Å². The van der Waals surface area contributed by atoms with Gasteiger partial charge in [0.05, 0.1) is 5.56 Å². The fourth-order valence-electron chi connectivity index (χ4n) is 2.65. The van der Waals surface area contributed by atoms with E-state index in [0.29, 0.717) is 11.4 Å². The Morgan fingerprint density at radius 3 is 2.61 bits per heavy atom. The maximum absolute atomic E-state index is 10.9. The third kappa shape index (κ3) is 2.63. The highest BCUT2D eigenvalue weighted by Crippen LogP contribution is 2.49. The van der Waals surface area contributed by atoms with Crippen LogP contribution >= 0.6 is 0 Å². The Kier molecular flexibility index (Phi) is 2.94. The van der Waals surface area contributed by atoms with Gasteiger partial charge in [-0.2, -0.15) is 0 Å². The first-order valence-corrected chi connectivity index (χ1v) is 6.67. The number of aromatic nitrogens is 1. The minimum atomic E-state index is -0.901. The van der Waals surface area contributed by atoms with Crippen LogP contribution in [0.1, 0.15) is 36.0 Å². The lowest BCUT2D eigenvalue weighted by Gasteiger charge is -2.16. The van der Waals surface area contributed by atoms with Crippen LogP contribution in [0.4, 0.5) is 5.82 Å². The number of hydrogen-bond donors (Lipinski definition) is 2. The number of nitrogens with one attached hydrogen (secondary N) is 1. The molecule has 0 atom stereocenters. The highest BCUT2D eigenvalue weighted by Gasteiger charge is 2.40. The van der Waals surface area contributed by atoms with Gasteiger partial charge in [-0.15, -0.1) is 0 Å². The van der Waals surface area contributed by atoms with Crippen molar-refractivity contribution in [3.05, 3.63) is 23.9 Å². The molecule has 0 spiro atoms. The number of aromatic carboxylic acids is 1. The third-order valence-corrected chi connectivity index (χ3v) is 3.98. The normalized spacial score (nSPS) is 18.9. The Hall–Kier alpha value is -1.58. The summed E-state index contributed by atoms with van der Waals surface area (Å²) >= 11 is 0. The lowest BCUT2D eigenvalue weighted by molar-refractivity contribution is 0.0697. The molecular formula is C14H18N2O2. The van der Waals surface area contributed by atoms with Crippen LogP contribution in [0.15, 0.2) is 18.3 Å². The zero-order valence-electron chi connectivity index (χ0n) is 10.3. The fourth-order valence-corrected chi connectivity index (χ4v) is 2.65. The monoisotopic (exact) mass is 246 g/mol. The molecule has 1 aromatic heterocycles. The van der Waals surface area contributed by atoms with E-state index in [1.165, 1.54) is 31.7 Å². The van der Waals surface area contributed by atoms with Gasteiger partial charge in [0, 0.05) is 12.7 Å². The number of nitrogens with zero attached hydrogens (tertiary/aromatic N) is 1. The van der Waals surface area contributed by atoms with E-state index in [9.17, 15) is 4.79 Å². The van der Waals surface area contributed by atoms with E-state index in [-0.39, 0.29) is 0 Å². The molecule has 0 aliphatic heterocycles. The number of rotatable bonds is 6. The van der Waals surface area contributed by atoms with Crippen molar-refractivity contribution in [3.8, 4) is 0 Å². The van der Waals surface area contributed by atoms with Gasteiger partial charge in [0.1, 0.15) is 5.82 Å². The molecule has 0 aromatic carbocycles. The first-order valence-electron chi connectivity index (χ1n) is 6.67. The zero-order chi connectivity index (χ0) is 12.5. The smallest absolute Gasteiger partial charge is 0.335 e. The average molecular weight is 246 g/mol. The van der Waals surface area contributed by atoms with Crippen LogP contribution in [0.3, 0.4) is 0 Å². The minimum Gasteiger partial charge on any atom is -0.478 e. The molecule has 96 valence electrons. The van der Waals surface area contributed by atoms with Crippen LogP contribution in [-0.4, -0.2) is 22.6 Å². The number of carboxylic acid groups (broad SMARTS) is 1. The van der Waals surface area contributed by atoms with E-state index in [1.54, 1.807) is 12.3 Å². The summed E-state index contributed by atoms with van der Waals surface area (Å²) in [5.74, 6) is 2.34. The molecule has 0 unspecified atom stereocenters. The number of pyridine rings is 1. The largest absolute Gasteiger partial charge is 0.478 e. The lowest BCUT2D eigenvalue weighted by Crippen LogP contribution is -2.19. The maximum atomic E-state index is 10.9. The SMILES string of the molecule is O=C(O)c1ccnc(NCC(C2CC2)C2CC2)c1. The van der Waals surface area contributed by atoms with Crippen LogP contribution in [0.2, 0.25) is 0 Å². The van der Waals surface area contributed by atoms with Gasteiger partial charge < -0.3 is 10.4 Å². The van der Waals surface area contributed by atoms with Gasteiger partial charge in [-0.25, -0.2) is 9.78 Å². The van der Waals surface area contributed by atoms with Crippen LogP contribution < -0.4 is 5.32 Å². The molecule has 0 radical (unpaired) electrons. The third-order valence-electron chi connectivity index (χ3n) is 3.98. The highest BCUT2D eigenvalue weighted by atomic mass is 16.4. The summed E-state index contributed by atoms with van der Waals surface area (Å²) in [6.45, 7) is 0.936. The van der Waals surface area contributed by atoms with Crippen molar-refractivity contribution in [2.75, 3.05) is 11.9 Å². The molecule has 0 saturated heterocycles. The summed E-state index contributed by atoms with van der Waals surface area (Å²) in [5, 5.41) is 12.2. The lowest BCUT2D eigenvalue weighted by atomic mass is 9.98. The van der Waals surface area contributed by atoms with Gasteiger partial charge in [-0.3, -0.25) is 0 Å². The average Bonchev–Trinajstić information content (AvgIpc) is 3.23. The molecule has 2 aliphatic rings. The van der Waals surface area contributed by atoms with E-state index in [0.717, 1.165) is 24.3 Å². The van der Waals surface area contributed by atoms with Crippen molar-refractivity contribution in [2.45, 2.75) is 25.7 Å². The second-order valence-corrected chi connectivity index (χ2v) is 5.45.